The van der Waals surface area contributed by atoms with Gasteiger partial charge in [-0.2, -0.15) is 26.3 Å². The molecule has 0 amide bonds. The summed E-state index contributed by atoms with van der Waals surface area (Å²) in [5.74, 6) is -13.5. The zero-order valence-corrected chi connectivity index (χ0v) is 16.7. The third-order valence-electron chi connectivity index (χ3n) is 5.02. The van der Waals surface area contributed by atoms with Gasteiger partial charge in [0.15, 0.2) is 0 Å². The fourth-order valence-electron chi connectivity index (χ4n) is 3.69. The summed E-state index contributed by atoms with van der Waals surface area (Å²) in [5, 5.41) is 0.237. The van der Waals surface area contributed by atoms with E-state index in [9.17, 15) is 26.3 Å². The molecule has 0 N–H and O–H groups in total. The third kappa shape index (κ3) is 2.47. The van der Waals surface area contributed by atoms with Crippen LogP contribution in [0.1, 0.15) is 25.8 Å². The molecule has 29 heavy (non-hydrogen) atoms. The van der Waals surface area contributed by atoms with E-state index in [4.69, 9.17) is 6.42 Å². The Bertz CT molecular complexity index is 1220. The molecule has 0 bridgehead atoms. The Morgan fingerprint density at radius 2 is 1.48 bits per heavy atom. The molecule has 0 spiro atoms. The van der Waals surface area contributed by atoms with Crippen LogP contribution in [-0.2, 0) is 0 Å². The fourth-order valence-corrected chi connectivity index (χ4v) is 5.60. The van der Waals surface area contributed by atoms with Crippen molar-refractivity contribution in [1.29, 1.82) is 0 Å². The summed E-state index contributed by atoms with van der Waals surface area (Å²) >= 11 is 2.01. The summed E-state index contributed by atoms with van der Waals surface area (Å²) in [5.41, 5.74) is -3.31. The second kappa shape index (κ2) is 6.13. The zero-order valence-electron chi connectivity index (χ0n) is 15.0. The number of aryl methyl sites for hydroxylation is 2. The van der Waals surface area contributed by atoms with Crippen LogP contribution in [0.2, 0.25) is 0 Å². The van der Waals surface area contributed by atoms with Crippen LogP contribution < -0.4 is 0 Å². The van der Waals surface area contributed by atoms with Crippen molar-refractivity contribution in [1.82, 2.24) is 0 Å². The summed E-state index contributed by atoms with van der Waals surface area (Å²) in [7, 11) is 0. The highest BCUT2D eigenvalue weighted by molar-refractivity contribution is 7.19. The fraction of sp³-hybridized carbons (Fsp3) is 0.238. The smallest absolute Gasteiger partial charge is 0.194 e. The van der Waals surface area contributed by atoms with Gasteiger partial charge in [-0.15, -0.1) is 29.1 Å². The van der Waals surface area contributed by atoms with Crippen molar-refractivity contribution in [2.75, 3.05) is 0 Å². The van der Waals surface area contributed by atoms with Crippen molar-refractivity contribution in [3.05, 3.63) is 56.1 Å². The maximum absolute atomic E-state index is 15.0. The lowest BCUT2D eigenvalue weighted by molar-refractivity contribution is -0.254. The van der Waals surface area contributed by atoms with E-state index in [2.05, 4.69) is 5.92 Å². The first-order valence-electron chi connectivity index (χ1n) is 8.39. The first-order valence-corrected chi connectivity index (χ1v) is 10.0. The second-order valence-electron chi connectivity index (χ2n) is 6.73. The van der Waals surface area contributed by atoms with E-state index in [1.807, 2.05) is 0 Å². The van der Waals surface area contributed by atoms with Gasteiger partial charge in [-0.1, -0.05) is 24.1 Å². The van der Waals surface area contributed by atoms with Crippen molar-refractivity contribution < 1.29 is 26.3 Å². The standard InChI is InChI=1S/C21H12F6S2/c1-4-12-9-14(10(2)28-12)17-18(20(24,25)21(26,27)19(17,22)23)16-11(3)29-15-8-6-5-7-13(15)16/h1,5-9H,2-3H3. The molecule has 0 saturated carbocycles. The molecule has 1 aliphatic carbocycles. The van der Waals surface area contributed by atoms with Crippen molar-refractivity contribution in [2.24, 2.45) is 0 Å². The summed E-state index contributed by atoms with van der Waals surface area (Å²) in [4.78, 5) is 0.637. The van der Waals surface area contributed by atoms with Crippen LogP contribution in [0.3, 0.4) is 0 Å². The SMILES string of the molecule is C#Cc1cc(C2=C(c3c(C)sc4ccccc34)C(F)(F)C(F)(F)C2(F)F)c(C)s1. The van der Waals surface area contributed by atoms with Crippen LogP contribution in [0.4, 0.5) is 26.3 Å². The average Bonchev–Trinajstić information content (AvgIpc) is 3.20. The summed E-state index contributed by atoms with van der Waals surface area (Å²) in [6, 6.07) is 7.41. The molecule has 0 fully saturated rings. The normalized spacial score (nSPS) is 19.7. The molecule has 8 heteroatoms. The lowest BCUT2D eigenvalue weighted by Crippen LogP contribution is -2.48. The van der Waals surface area contributed by atoms with Gasteiger partial charge in [-0.3, -0.25) is 0 Å². The Kier molecular flexibility index (Phi) is 4.24. The molecule has 3 aromatic rings. The van der Waals surface area contributed by atoms with Crippen LogP contribution in [0, 0.1) is 26.2 Å². The minimum Gasteiger partial charge on any atom is -0.194 e. The number of terminal acetylenes is 1. The number of rotatable bonds is 2. The predicted molar refractivity (Wildman–Crippen MR) is 105 cm³/mol. The van der Waals surface area contributed by atoms with E-state index in [-0.39, 0.29) is 31.1 Å². The van der Waals surface area contributed by atoms with Gasteiger partial charge in [0.2, 0.25) is 0 Å². The van der Waals surface area contributed by atoms with Crippen molar-refractivity contribution in [3.63, 3.8) is 0 Å². The Morgan fingerprint density at radius 3 is 2.10 bits per heavy atom. The molecule has 150 valence electrons. The number of fused-ring (bicyclic) bond motifs is 1. The van der Waals surface area contributed by atoms with Gasteiger partial charge >= 0.3 is 17.8 Å². The predicted octanol–water partition coefficient (Wildman–Crippen LogP) is 7.39. The largest absolute Gasteiger partial charge is 0.380 e. The van der Waals surface area contributed by atoms with Crippen LogP contribution in [0.15, 0.2) is 30.3 Å². The van der Waals surface area contributed by atoms with Gasteiger partial charge in [-0.05, 0) is 31.5 Å². The number of thiophene rings is 2. The second-order valence-corrected chi connectivity index (χ2v) is 9.24. The van der Waals surface area contributed by atoms with E-state index in [1.165, 1.54) is 19.9 Å². The molecule has 0 nitrogen and oxygen atoms in total. The van der Waals surface area contributed by atoms with Crippen LogP contribution in [-0.4, -0.2) is 17.8 Å². The molecule has 1 aliphatic rings. The third-order valence-corrected chi connectivity index (χ3v) is 7.09. The first kappa shape index (κ1) is 20.0. The van der Waals surface area contributed by atoms with E-state index in [0.29, 0.717) is 4.70 Å². The quantitative estimate of drug-likeness (QED) is 0.287. The van der Waals surface area contributed by atoms with Gasteiger partial charge in [0.05, 0.1) is 4.88 Å². The number of hydrogen-bond donors (Lipinski definition) is 0. The molecule has 0 atom stereocenters. The van der Waals surface area contributed by atoms with Gasteiger partial charge < -0.3 is 0 Å². The Balaban J connectivity index is 2.19. The lowest BCUT2D eigenvalue weighted by atomic mass is 9.93. The molecule has 0 saturated heterocycles. The summed E-state index contributed by atoms with van der Waals surface area (Å²) < 4.78 is 89.2. The first-order chi connectivity index (χ1) is 13.4. The highest BCUT2D eigenvalue weighted by atomic mass is 32.1. The Hall–Kier alpha value is -2.24. The van der Waals surface area contributed by atoms with E-state index < -0.39 is 28.9 Å². The molecule has 4 rings (SSSR count). The zero-order chi connectivity index (χ0) is 21.4. The molecular formula is C21H12F6S2. The molecule has 0 radical (unpaired) electrons. The molecule has 1 aromatic carbocycles. The molecule has 2 heterocycles. The highest BCUT2D eigenvalue weighted by Gasteiger charge is 2.80. The lowest BCUT2D eigenvalue weighted by Gasteiger charge is -2.25. The number of alkyl halides is 6. The van der Waals surface area contributed by atoms with Gasteiger partial charge in [-0.25, -0.2) is 0 Å². The van der Waals surface area contributed by atoms with Gasteiger partial charge in [0.1, 0.15) is 0 Å². The van der Waals surface area contributed by atoms with Crippen molar-refractivity contribution >= 4 is 43.9 Å². The van der Waals surface area contributed by atoms with Gasteiger partial charge in [0, 0.05) is 36.6 Å². The van der Waals surface area contributed by atoms with Crippen molar-refractivity contribution in [3.8, 4) is 12.3 Å². The van der Waals surface area contributed by atoms with E-state index >= 15 is 0 Å². The van der Waals surface area contributed by atoms with Crippen LogP contribution >= 0.6 is 22.7 Å². The van der Waals surface area contributed by atoms with Crippen molar-refractivity contribution in [2.45, 2.75) is 31.6 Å². The molecular weight excluding hydrogens is 430 g/mol. The number of allylic oxidation sites excluding steroid dienone is 2. The van der Waals surface area contributed by atoms with E-state index in [0.717, 1.165) is 28.7 Å². The summed E-state index contributed by atoms with van der Waals surface area (Å²) in [6.45, 7) is 2.86. The number of hydrogen-bond acceptors (Lipinski definition) is 2. The minimum absolute atomic E-state index is 0.177. The van der Waals surface area contributed by atoms with E-state index in [1.54, 1.807) is 18.2 Å². The minimum atomic E-state index is -5.58. The maximum atomic E-state index is 15.0. The molecule has 0 unspecified atom stereocenters. The summed E-state index contributed by atoms with van der Waals surface area (Å²) in [6.07, 6.45) is 5.29. The Morgan fingerprint density at radius 1 is 0.862 bits per heavy atom. The number of benzene rings is 1. The van der Waals surface area contributed by atoms with Crippen LogP contribution in [0.25, 0.3) is 21.2 Å². The monoisotopic (exact) mass is 442 g/mol. The molecule has 2 aromatic heterocycles. The van der Waals surface area contributed by atoms with Gasteiger partial charge in [0.25, 0.3) is 0 Å². The Labute approximate surface area is 170 Å². The molecule has 0 aliphatic heterocycles. The number of halogens is 6. The van der Waals surface area contributed by atoms with Crippen LogP contribution in [0.5, 0.6) is 0 Å². The average molecular weight is 442 g/mol. The highest BCUT2D eigenvalue weighted by Crippen LogP contribution is 2.66. The topological polar surface area (TPSA) is 0 Å². The maximum Gasteiger partial charge on any atom is 0.380 e.